The Balaban J connectivity index is 1.81. The maximum atomic E-state index is 12.4. The molecule has 1 aliphatic carbocycles. The third kappa shape index (κ3) is 2.81. The number of fused-ring (bicyclic) bond motifs is 1. The maximum Gasteiger partial charge on any atom is 0.274 e. The third-order valence-electron chi connectivity index (χ3n) is 3.72. The number of amides is 1. The third-order valence-corrected chi connectivity index (χ3v) is 4.80. The number of aromatic nitrogens is 2. The van der Waals surface area contributed by atoms with Crippen LogP contribution in [0.3, 0.4) is 0 Å². The summed E-state index contributed by atoms with van der Waals surface area (Å²) in [6.45, 7) is 4.05. The second-order valence-corrected chi connectivity index (χ2v) is 6.79. The lowest BCUT2D eigenvalue weighted by atomic mass is 10.0. The summed E-state index contributed by atoms with van der Waals surface area (Å²) < 4.78 is 1.89. The fraction of sp³-hybridized carbons (Fsp3) is 0.467. The van der Waals surface area contributed by atoms with Crippen molar-refractivity contribution in [2.75, 3.05) is 11.1 Å². The van der Waals surface area contributed by atoms with Gasteiger partial charge in [0.15, 0.2) is 5.13 Å². The van der Waals surface area contributed by atoms with E-state index in [1.54, 1.807) is 23.6 Å². The summed E-state index contributed by atoms with van der Waals surface area (Å²) in [6, 6.07) is 1.90. The first-order valence-electron chi connectivity index (χ1n) is 7.32. The Kier molecular flexibility index (Phi) is 3.71. The highest BCUT2D eigenvalue weighted by Gasteiger charge is 2.19. The van der Waals surface area contributed by atoms with Gasteiger partial charge >= 0.3 is 0 Å². The van der Waals surface area contributed by atoms with Gasteiger partial charge in [-0.15, -0.1) is 11.3 Å². The first kappa shape index (κ1) is 14.1. The van der Waals surface area contributed by atoms with Gasteiger partial charge < -0.3 is 10.3 Å². The molecule has 0 bridgehead atoms. The zero-order valence-corrected chi connectivity index (χ0v) is 13.2. The number of nitrogens with zero attached hydrogens (tertiary/aromatic N) is 2. The quantitative estimate of drug-likeness (QED) is 0.914. The average Bonchev–Trinajstić information content (AvgIpc) is 3.01. The Morgan fingerprint density at radius 2 is 2.19 bits per heavy atom. The molecular weight excluding hydrogens is 284 g/mol. The number of carbonyl (C=O) groups is 1. The highest BCUT2D eigenvalue weighted by molar-refractivity contribution is 7.15. The molecule has 0 aromatic carbocycles. The number of anilines is 2. The molecule has 112 valence electrons. The molecule has 21 heavy (non-hydrogen) atoms. The first-order chi connectivity index (χ1) is 10.0. The molecule has 5 nitrogen and oxygen atoms in total. The van der Waals surface area contributed by atoms with Gasteiger partial charge in [-0.25, -0.2) is 4.98 Å². The lowest BCUT2D eigenvalue weighted by Gasteiger charge is -2.11. The van der Waals surface area contributed by atoms with Crippen molar-refractivity contribution in [2.24, 2.45) is 0 Å². The van der Waals surface area contributed by atoms with Crippen LogP contribution in [0.1, 0.15) is 53.8 Å². The molecule has 0 radical (unpaired) electrons. The number of rotatable bonds is 3. The summed E-state index contributed by atoms with van der Waals surface area (Å²) in [5.41, 5.74) is 8.15. The van der Waals surface area contributed by atoms with E-state index in [9.17, 15) is 4.79 Å². The zero-order valence-electron chi connectivity index (χ0n) is 12.3. The van der Waals surface area contributed by atoms with Gasteiger partial charge in [-0.1, -0.05) is 0 Å². The Morgan fingerprint density at radius 3 is 2.90 bits per heavy atom. The molecule has 0 unspecified atom stereocenters. The lowest BCUT2D eigenvalue weighted by molar-refractivity contribution is 0.101. The van der Waals surface area contributed by atoms with Gasteiger partial charge in [0.2, 0.25) is 0 Å². The van der Waals surface area contributed by atoms with E-state index in [0.29, 0.717) is 16.5 Å². The number of carbonyl (C=O) groups excluding carboxylic acids is 1. The fourth-order valence-electron chi connectivity index (χ4n) is 2.68. The number of nitrogen functional groups attached to an aromatic ring is 1. The van der Waals surface area contributed by atoms with E-state index < -0.39 is 0 Å². The highest BCUT2D eigenvalue weighted by atomic mass is 32.1. The van der Waals surface area contributed by atoms with Gasteiger partial charge in [-0.05, 0) is 45.6 Å². The topological polar surface area (TPSA) is 72.9 Å². The zero-order chi connectivity index (χ0) is 15.0. The predicted molar refractivity (Wildman–Crippen MR) is 85.9 cm³/mol. The van der Waals surface area contributed by atoms with Crippen LogP contribution in [0.15, 0.2) is 12.3 Å². The summed E-state index contributed by atoms with van der Waals surface area (Å²) in [6.07, 6.45) is 6.31. The number of hydrogen-bond donors (Lipinski definition) is 2. The SMILES string of the molecule is CC(C)n1cc(N)cc1C(=O)Nc1nc2c(s1)CCCC2. The average molecular weight is 304 g/mol. The van der Waals surface area contributed by atoms with E-state index >= 15 is 0 Å². The van der Waals surface area contributed by atoms with E-state index in [1.165, 1.54) is 17.7 Å². The summed E-state index contributed by atoms with van der Waals surface area (Å²) in [5.74, 6) is -0.147. The van der Waals surface area contributed by atoms with Crippen molar-refractivity contribution in [3.8, 4) is 0 Å². The normalized spacial score (nSPS) is 14.2. The molecule has 1 amide bonds. The van der Waals surface area contributed by atoms with Gasteiger partial charge in [-0.3, -0.25) is 10.1 Å². The van der Waals surface area contributed by atoms with Crippen LogP contribution in [0.5, 0.6) is 0 Å². The van der Waals surface area contributed by atoms with Crippen LogP contribution in [0.25, 0.3) is 0 Å². The molecule has 2 aromatic heterocycles. The Hall–Kier alpha value is -1.82. The molecule has 0 saturated heterocycles. The molecule has 0 atom stereocenters. The first-order valence-corrected chi connectivity index (χ1v) is 8.13. The van der Waals surface area contributed by atoms with Crippen LogP contribution in [0, 0.1) is 0 Å². The number of thiazole rings is 1. The van der Waals surface area contributed by atoms with Crippen molar-refractivity contribution in [3.05, 3.63) is 28.5 Å². The van der Waals surface area contributed by atoms with E-state index in [2.05, 4.69) is 10.3 Å². The summed E-state index contributed by atoms with van der Waals surface area (Å²) in [4.78, 5) is 18.3. The van der Waals surface area contributed by atoms with E-state index in [4.69, 9.17) is 5.73 Å². The molecule has 1 aliphatic rings. The van der Waals surface area contributed by atoms with E-state index in [0.717, 1.165) is 18.5 Å². The van der Waals surface area contributed by atoms with Crippen molar-refractivity contribution < 1.29 is 4.79 Å². The predicted octanol–water partition coefficient (Wildman–Crippen LogP) is 3.24. The fourth-order valence-corrected chi connectivity index (χ4v) is 3.72. The summed E-state index contributed by atoms with van der Waals surface area (Å²) >= 11 is 1.60. The molecule has 3 N–H and O–H groups in total. The van der Waals surface area contributed by atoms with E-state index in [1.807, 2.05) is 18.4 Å². The van der Waals surface area contributed by atoms with Crippen LogP contribution in [0.4, 0.5) is 10.8 Å². The standard InChI is InChI=1S/C15H20N4OS/c1-9(2)19-8-10(16)7-12(19)14(20)18-15-17-11-5-3-4-6-13(11)21-15/h7-9H,3-6,16H2,1-2H3,(H,17,18,20). The van der Waals surface area contributed by atoms with Crippen molar-refractivity contribution in [1.82, 2.24) is 9.55 Å². The molecule has 2 heterocycles. The van der Waals surface area contributed by atoms with Crippen LogP contribution < -0.4 is 11.1 Å². The Bertz CT molecular complexity index is 648. The molecule has 0 fully saturated rings. The van der Waals surface area contributed by atoms with Crippen molar-refractivity contribution in [3.63, 3.8) is 0 Å². The Labute approximate surface area is 128 Å². The van der Waals surface area contributed by atoms with Crippen molar-refractivity contribution in [1.29, 1.82) is 0 Å². The second kappa shape index (κ2) is 5.52. The maximum absolute atomic E-state index is 12.4. The van der Waals surface area contributed by atoms with Crippen molar-refractivity contribution in [2.45, 2.75) is 45.6 Å². The minimum absolute atomic E-state index is 0.147. The molecule has 3 rings (SSSR count). The van der Waals surface area contributed by atoms with Crippen LogP contribution >= 0.6 is 11.3 Å². The largest absolute Gasteiger partial charge is 0.397 e. The van der Waals surface area contributed by atoms with Crippen LogP contribution in [-0.2, 0) is 12.8 Å². The molecule has 2 aromatic rings. The minimum atomic E-state index is -0.147. The summed E-state index contributed by atoms with van der Waals surface area (Å²) in [5, 5.41) is 3.61. The summed E-state index contributed by atoms with van der Waals surface area (Å²) in [7, 11) is 0. The van der Waals surface area contributed by atoms with Crippen molar-refractivity contribution >= 4 is 28.1 Å². The van der Waals surface area contributed by atoms with E-state index in [-0.39, 0.29) is 11.9 Å². The highest BCUT2D eigenvalue weighted by Crippen LogP contribution is 2.30. The Morgan fingerprint density at radius 1 is 1.43 bits per heavy atom. The molecular formula is C15H20N4OS. The van der Waals surface area contributed by atoms with Crippen LogP contribution in [0.2, 0.25) is 0 Å². The molecule has 6 heteroatoms. The lowest BCUT2D eigenvalue weighted by Crippen LogP contribution is -2.17. The monoisotopic (exact) mass is 304 g/mol. The second-order valence-electron chi connectivity index (χ2n) is 5.71. The van der Waals surface area contributed by atoms with Gasteiger partial charge in [0.05, 0.1) is 11.4 Å². The van der Waals surface area contributed by atoms with Gasteiger partial charge in [0.25, 0.3) is 5.91 Å². The molecule has 0 saturated carbocycles. The molecule has 0 spiro atoms. The number of nitrogens with two attached hydrogens (primary N) is 1. The van der Waals surface area contributed by atoms with Gasteiger partial charge in [0, 0.05) is 17.1 Å². The van der Waals surface area contributed by atoms with Gasteiger partial charge in [0.1, 0.15) is 5.69 Å². The number of hydrogen-bond acceptors (Lipinski definition) is 4. The smallest absolute Gasteiger partial charge is 0.274 e. The minimum Gasteiger partial charge on any atom is -0.397 e. The number of nitrogens with one attached hydrogen (secondary N) is 1. The van der Waals surface area contributed by atoms with Gasteiger partial charge in [-0.2, -0.15) is 0 Å². The number of aryl methyl sites for hydroxylation is 2. The molecule has 0 aliphatic heterocycles. The van der Waals surface area contributed by atoms with Crippen LogP contribution in [-0.4, -0.2) is 15.5 Å².